The maximum absolute atomic E-state index is 13.8. The number of H-pyrrole nitrogens is 1. The molecule has 22 N–H and O–H groups in total. The van der Waals surface area contributed by atoms with E-state index in [1.807, 2.05) is 0 Å². The lowest BCUT2D eigenvalue weighted by molar-refractivity contribution is -0.142. The van der Waals surface area contributed by atoms with Crippen LogP contribution in [0.2, 0.25) is 0 Å². The van der Waals surface area contributed by atoms with Crippen LogP contribution in [0.15, 0.2) is 40.4 Å². The Kier molecular flexibility index (Phi) is 23.0. The van der Waals surface area contributed by atoms with Crippen molar-refractivity contribution in [3.05, 3.63) is 36.0 Å². The number of carbonyl (C=O) groups is 9. The molecule has 1 heterocycles. The number of carboxylic acids is 1. The van der Waals surface area contributed by atoms with Gasteiger partial charge in [-0.3, -0.25) is 48.3 Å². The largest absolute Gasteiger partial charge is 0.480 e. The Morgan fingerprint density at radius 3 is 1.49 bits per heavy atom. The highest BCUT2D eigenvalue weighted by atomic mass is 16.4. The van der Waals surface area contributed by atoms with Gasteiger partial charge < -0.3 is 86.8 Å². The van der Waals surface area contributed by atoms with Crippen molar-refractivity contribution < 1.29 is 53.4 Å². The molecule has 8 atom stereocenters. The number of fused-ring (bicyclic) bond motifs is 1. The summed E-state index contributed by atoms with van der Waals surface area (Å²) in [6.07, 6.45) is 0.976. The standard InChI is InChI=1S/C40H64N16O11/c1-19(41)31(59)52-26(11-7-15-48-40(45)46)35(63)54-27(12-13-30(42)58)36(64)53-25(10-6-14-47-39(43)44)34(62)50-21(3)33(61)56-29(18-57)37(65)51-20(2)32(60)55-28(38(66)67)16-22-17-49-24-9-5-4-8-23(22)24/h4-5,8-9,17,19-21,25-29,49,57H,6-7,10-16,18,41H2,1-3H3,(H2,42,58)(H,50,62)(H,51,65)(H,52,59)(H,53,64)(H,54,63)(H,55,60)(H,56,61)(H,66,67)(H4,43,44,47)(H4,45,46,48)/t19-,20-,21-,25?,26-,27-,28-,29-/m0/s1. The Balaban J connectivity index is 2.18. The third-order valence-electron chi connectivity index (χ3n) is 9.92. The molecule has 67 heavy (non-hydrogen) atoms. The first kappa shape index (κ1) is 55.6. The van der Waals surface area contributed by atoms with Crippen molar-refractivity contribution in [1.82, 2.24) is 42.2 Å². The number of aliphatic carboxylic acids is 1. The molecule has 27 nitrogen and oxygen atoms in total. The molecule has 0 fully saturated rings. The molecule has 0 aliphatic carbocycles. The Morgan fingerprint density at radius 1 is 0.597 bits per heavy atom. The average Bonchev–Trinajstić information content (AvgIpc) is 3.67. The Morgan fingerprint density at radius 2 is 1.03 bits per heavy atom. The summed E-state index contributed by atoms with van der Waals surface area (Å²) in [6.45, 7) is 3.02. The molecule has 370 valence electrons. The predicted molar refractivity (Wildman–Crippen MR) is 243 cm³/mol. The third-order valence-corrected chi connectivity index (χ3v) is 9.92. The number of carboxylic acid groups (broad SMARTS) is 1. The van der Waals surface area contributed by atoms with Crippen LogP contribution in [0.4, 0.5) is 0 Å². The molecule has 0 radical (unpaired) electrons. The monoisotopic (exact) mass is 944 g/mol. The van der Waals surface area contributed by atoms with Gasteiger partial charge in [0, 0.05) is 43.0 Å². The maximum Gasteiger partial charge on any atom is 0.326 e. The van der Waals surface area contributed by atoms with E-state index in [9.17, 15) is 53.4 Å². The number of benzene rings is 1. The molecule has 2 rings (SSSR count). The molecule has 1 aromatic carbocycles. The fraction of sp³-hybridized carbons (Fsp3) is 0.525. The molecule has 27 heteroatoms. The molecule has 0 saturated heterocycles. The van der Waals surface area contributed by atoms with Gasteiger partial charge >= 0.3 is 5.97 Å². The van der Waals surface area contributed by atoms with Crippen LogP contribution in [0, 0.1) is 0 Å². The lowest BCUT2D eigenvalue weighted by atomic mass is 10.0. The number of aliphatic hydroxyl groups is 1. The minimum Gasteiger partial charge on any atom is -0.480 e. The summed E-state index contributed by atoms with van der Waals surface area (Å²) in [4.78, 5) is 127. The van der Waals surface area contributed by atoms with Crippen LogP contribution in [0.5, 0.6) is 0 Å². The molecule has 8 amide bonds. The zero-order valence-electron chi connectivity index (χ0n) is 37.5. The molecular weight excluding hydrogens is 881 g/mol. The van der Waals surface area contributed by atoms with E-state index in [1.165, 1.54) is 20.8 Å². The fourth-order valence-electron chi connectivity index (χ4n) is 6.22. The number of hydrogen-bond donors (Lipinski definition) is 16. The highest BCUT2D eigenvalue weighted by Gasteiger charge is 2.33. The van der Waals surface area contributed by atoms with E-state index in [1.54, 1.807) is 30.5 Å². The second-order valence-corrected chi connectivity index (χ2v) is 15.5. The minimum atomic E-state index is -1.65. The lowest BCUT2D eigenvalue weighted by Crippen LogP contribution is -2.60. The van der Waals surface area contributed by atoms with Gasteiger partial charge in [0.1, 0.15) is 42.3 Å². The number of amides is 8. The lowest BCUT2D eigenvalue weighted by Gasteiger charge is -2.26. The molecule has 1 aromatic heterocycles. The number of aliphatic imine (C=N–C) groups is 2. The second kappa shape index (κ2) is 27.7. The fourth-order valence-corrected chi connectivity index (χ4v) is 6.22. The van der Waals surface area contributed by atoms with Crippen molar-refractivity contribution in [1.29, 1.82) is 0 Å². The molecule has 0 bridgehead atoms. The SMILES string of the molecule is C[C@H](N)C(=O)N[C@@H](CCCN=C(N)N)C(=O)N[C@@H](CCC(N)=O)C(=O)NC(CCCN=C(N)N)C(=O)N[C@@H](C)C(=O)N[C@@H](CO)C(=O)N[C@@H](C)C(=O)N[C@@H](Cc1c[nH]c2ccccc12)C(=O)O. The second-order valence-electron chi connectivity index (χ2n) is 15.5. The highest BCUT2D eigenvalue weighted by molar-refractivity contribution is 5.97. The zero-order chi connectivity index (χ0) is 50.4. The molecule has 2 aromatic rings. The van der Waals surface area contributed by atoms with Crippen LogP contribution < -0.4 is 71.6 Å². The number of carbonyl (C=O) groups excluding carboxylic acids is 8. The van der Waals surface area contributed by atoms with Gasteiger partial charge in [-0.1, -0.05) is 18.2 Å². The number of para-hydroxylation sites is 1. The number of nitrogens with zero attached hydrogens (tertiary/aromatic N) is 2. The normalized spacial score (nSPS) is 14.5. The number of guanidine groups is 2. The topological polar surface area (TPSA) is 475 Å². The van der Waals surface area contributed by atoms with Crippen molar-refractivity contribution in [2.45, 2.75) is 114 Å². The number of nitrogens with one attached hydrogen (secondary N) is 8. The van der Waals surface area contributed by atoms with E-state index in [4.69, 9.17) is 34.4 Å². The maximum atomic E-state index is 13.8. The van der Waals surface area contributed by atoms with E-state index in [2.05, 4.69) is 52.2 Å². The number of hydrogen-bond acceptors (Lipinski definition) is 13. The first-order valence-corrected chi connectivity index (χ1v) is 21.2. The van der Waals surface area contributed by atoms with Crippen LogP contribution >= 0.6 is 0 Å². The van der Waals surface area contributed by atoms with Crippen molar-refractivity contribution in [3.63, 3.8) is 0 Å². The van der Waals surface area contributed by atoms with Crippen molar-refractivity contribution in [3.8, 4) is 0 Å². The molecule has 1 unspecified atom stereocenters. The third kappa shape index (κ3) is 19.6. The van der Waals surface area contributed by atoms with Crippen LogP contribution in [-0.4, -0.2) is 148 Å². The van der Waals surface area contributed by atoms with Gasteiger partial charge in [0.15, 0.2) is 11.9 Å². The summed E-state index contributed by atoms with van der Waals surface area (Å²) in [7, 11) is 0. The number of primary amides is 1. The van der Waals surface area contributed by atoms with E-state index < -0.39 is 115 Å². The van der Waals surface area contributed by atoms with E-state index >= 15 is 0 Å². The van der Waals surface area contributed by atoms with Crippen molar-refractivity contribution in [2.75, 3.05) is 19.7 Å². The average molecular weight is 945 g/mol. The number of rotatable bonds is 29. The number of aromatic amines is 1. The van der Waals surface area contributed by atoms with Gasteiger partial charge in [-0.15, -0.1) is 0 Å². The van der Waals surface area contributed by atoms with Gasteiger partial charge in [-0.2, -0.15) is 0 Å². The van der Waals surface area contributed by atoms with Crippen LogP contribution in [0.3, 0.4) is 0 Å². The summed E-state index contributed by atoms with van der Waals surface area (Å²) in [5.74, 6) is -8.94. The molecule has 0 saturated carbocycles. The summed E-state index contributed by atoms with van der Waals surface area (Å²) < 4.78 is 0. The highest BCUT2D eigenvalue weighted by Crippen LogP contribution is 2.19. The van der Waals surface area contributed by atoms with Crippen LogP contribution in [0.1, 0.15) is 64.9 Å². The Bertz CT molecular complexity index is 2120. The summed E-state index contributed by atoms with van der Waals surface area (Å²) in [6, 6.07) is -3.81. The molecule has 0 aliphatic rings. The van der Waals surface area contributed by atoms with Crippen LogP contribution in [-0.2, 0) is 49.6 Å². The predicted octanol–water partition coefficient (Wildman–Crippen LogP) is -6.06. The van der Waals surface area contributed by atoms with Crippen LogP contribution in [0.25, 0.3) is 10.9 Å². The van der Waals surface area contributed by atoms with Gasteiger partial charge in [0.2, 0.25) is 47.3 Å². The Labute approximate surface area is 385 Å². The quantitative estimate of drug-likeness (QED) is 0.0205. The molecular formula is C40H64N16O11. The van der Waals surface area contributed by atoms with Gasteiger partial charge in [-0.05, 0) is 64.5 Å². The first-order chi connectivity index (χ1) is 31.5. The minimum absolute atomic E-state index is 0.00541. The van der Waals surface area contributed by atoms with E-state index in [0.717, 1.165) is 10.9 Å². The van der Waals surface area contributed by atoms with Crippen molar-refractivity contribution >= 4 is 76.0 Å². The summed E-state index contributed by atoms with van der Waals surface area (Å²) in [5, 5.41) is 37.4. The number of aliphatic hydroxyl groups excluding tert-OH is 1. The van der Waals surface area contributed by atoms with Gasteiger partial charge in [-0.25, -0.2) is 4.79 Å². The van der Waals surface area contributed by atoms with Gasteiger partial charge in [0.25, 0.3) is 0 Å². The summed E-state index contributed by atoms with van der Waals surface area (Å²) >= 11 is 0. The van der Waals surface area contributed by atoms with E-state index in [0.29, 0.717) is 5.56 Å². The van der Waals surface area contributed by atoms with Gasteiger partial charge in [0.05, 0.1) is 12.6 Å². The Hall–Kier alpha value is -7.55. The number of aromatic nitrogens is 1. The molecule has 0 spiro atoms. The van der Waals surface area contributed by atoms with Crippen molar-refractivity contribution in [2.24, 2.45) is 44.4 Å². The smallest absolute Gasteiger partial charge is 0.326 e. The first-order valence-electron chi connectivity index (χ1n) is 21.2. The summed E-state index contributed by atoms with van der Waals surface area (Å²) in [5.41, 5.74) is 34.0. The van der Waals surface area contributed by atoms with E-state index in [-0.39, 0.29) is 63.5 Å². The molecule has 0 aliphatic heterocycles. The zero-order valence-corrected chi connectivity index (χ0v) is 37.5. The number of nitrogens with two attached hydrogens (primary N) is 6.